The largest absolute Gasteiger partial charge is 0.383 e. The Kier molecular flexibility index (Phi) is 9.99. The second-order valence-corrected chi connectivity index (χ2v) is 3.98. The van der Waals surface area contributed by atoms with E-state index in [0.717, 1.165) is 6.42 Å². The number of methoxy groups -OCH3 is 1. The van der Waals surface area contributed by atoms with Crippen LogP contribution in [0.1, 0.15) is 26.7 Å². The summed E-state index contributed by atoms with van der Waals surface area (Å²) < 4.78 is 4.99. The van der Waals surface area contributed by atoms with E-state index in [-0.39, 0.29) is 11.9 Å². The molecular weight excluding hydrogens is 234 g/mol. The van der Waals surface area contributed by atoms with Crippen molar-refractivity contribution in [3.05, 3.63) is 0 Å². The zero-order chi connectivity index (χ0) is 13.8. The van der Waals surface area contributed by atoms with E-state index in [1.807, 2.05) is 13.8 Å². The Morgan fingerprint density at radius 1 is 1.50 bits per heavy atom. The summed E-state index contributed by atoms with van der Waals surface area (Å²) >= 11 is 0. The normalized spacial score (nSPS) is 13.0. The van der Waals surface area contributed by atoms with Crippen LogP contribution in [0.5, 0.6) is 0 Å². The molecule has 0 bridgehead atoms. The van der Waals surface area contributed by atoms with Gasteiger partial charge in [-0.05, 0) is 13.3 Å². The van der Waals surface area contributed by atoms with Crippen LogP contribution in [0.3, 0.4) is 0 Å². The highest BCUT2D eigenvalue weighted by Gasteiger charge is 2.04. The van der Waals surface area contributed by atoms with Gasteiger partial charge in [0.25, 0.3) is 0 Å². The minimum Gasteiger partial charge on any atom is -0.383 e. The fourth-order valence-electron chi connectivity index (χ4n) is 1.28. The average Bonchev–Trinajstić information content (AvgIpc) is 2.35. The highest BCUT2D eigenvalue weighted by molar-refractivity contribution is 5.80. The van der Waals surface area contributed by atoms with Gasteiger partial charge in [-0.3, -0.25) is 15.2 Å². The van der Waals surface area contributed by atoms with Crippen molar-refractivity contribution in [3.8, 4) is 0 Å². The molecule has 5 N–H and O–H groups in total. The third-order valence-electron chi connectivity index (χ3n) is 2.12. The van der Waals surface area contributed by atoms with E-state index in [2.05, 4.69) is 21.1 Å². The molecule has 0 heterocycles. The highest BCUT2D eigenvalue weighted by Crippen LogP contribution is 1.86. The Morgan fingerprint density at radius 2 is 2.22 bits per heavy atom. The van der Waals surface area contributed by atoms with Crippen LogP contribution < -0.4 is 21.9 Å². The number of rotatable bonds is 8. The Morgan fingerprint density at radius 3 is 2.78 bits per heavy atom. The Labute approximate surface area is 109 Å². The minimum atomic E-state index is 0.00177. The first-order chi connectivity index (χ1) is 8.63. The van der Waals surface area contributed by atoms with Crippen LogP contribution in [0.15, 0.2) is 4.99 Å². The van der Waals surface area contributed by atoms with Crippen LogP contribution in [0.2, 0.25) is 0 Å². The number of guanidine groups is 1. The molecule has 0 fully saturated rings. The molecule has 7 nitrogen and oxygen atoms in total. The lowest BCUT2D eigenvalue weighted by Gasteiger charge is -2.15. The molecular formula is C11H25N5O2. The quantitative estimate of drug-likeness (QED) is 0.201. The number of nitrogens with two attached hydrogens (primary N) is 1. The van der Waals surface area contributed by atoms with Crippen LogP contribution in [-0.4, -0.2) is 44.7 Å². The Hall–Kier alpha value is -1.34. The molecule has 0 aliphatic heterocycles. The van der Waals surface area contributed by atoms with Crippen LogP contribution in [0.4, 0.5) is 0 Å². The first-order valence-electron chi connectivity index (χ1n) is 6.17. The third-order valence-corrected chi connectivity index (χ3v) is 2.12. The second-order valence-electron chi connectivity index (χ2n) is 3.98. The smallest absolute Gasteiger partial charge is 0.221 e. The summed E-state index contributed by atoms with van der Waals surface area (Å²) in [6.07, 6.45) is 1.28. The number of hydrogen-bond donors (Lipinski definition) is 4. The molecule has 1 unspecified atom stereocenters. The maximum absolute atomic E-state index is 11.3. The Bertz CT molecular complexity index is 258. The zero-order valence-electron chi connectivity index (χ0n) is 11.5. The summed E-state index contributed by atoms with van der Waals surface area (Å²) in [6.45, 7) is 5.60. The van der Waals surface area contributed by atoms with Crippen molar-refractivity contribution in [3.63, 3.8) is 0 Å². The number of hydrogen-bond acceptors (Lipinski definition) is 4. The number of ether oxygens (including phenoxy) is 1. The standard InChI is InChI=1S/C11H25N5O2/c1-4-6-13-10(17)5-7-14-11(16-12)15-9(2)8-18-3/h9H,4-8,12H2,1-3H3,(H,13,17)(H2,14,15,16). The van der Waals surface area contributed by atoms with E-state index in [0.29, 0.717) is 32.1 Å². The van der Waals surface area contributed by atoms with Gasteiger partial charge in [0.1, 0.15) is 0 Å². The maximum Gasteiger partial charge on any atom is 0.221 e. The molecule has 0 rings (SSSR count). The van der Waals surface area contributed by atoms with E-state index in [9.17, 15) is 4.79 Å². The van der Waals surface area contributed by atoms with E-state index in [1.54, 1.807) is 7.11 Å². The number of hydrazine groups is 1. The predicted octanol–water partition coefficient (Wildman–Crippen LogP) is -0.653. The molecule has 106 valence electrons. The van der Waals surface area contributed by atoms with Crippen LogP contribution in [0.25, 0.3) is 0 Å². The summed E-state index contributed by atoms with van der Waals surface area (Å²) in [5.41, 5.74) is 2.46. The number of nitrogens with one attached hydrogen (secondary N) is 3. The van der Waals surface area contributed by atoms with Gasteiger partial charge < -0.3 is 15.4 Å². The molecule has 0 saturated carbocycles. The van der Waals surface area contributed by atoms with Crippen molar-refractivity contribution in [2.24, 2.45) is 10.8 Å². The van der Waals surface area contributed by atoms with Crippen molar-refractivity contribution < 1.29 is 9.53 Å². The Balaban J connectivity index is 3.93. The summed E-state index contributed by atoms with van der Waals surface area (Å²) in [7, 11) is 1.63. The second kappa shape index (κ2) is 10.8. The van der Waals surface area contributed by atoms with E-state index in [1.165, 1.54) is 0 Å². The average molecular weight is 259 g/mol. The maximum atomic E-state index is 11.3. The monoisotopic (exact) mass is 259 g/mol. The zero-order valence-corrected chi connectivity index (χ0v) is 11.5. The molecule has 0 aromatic rings. The van der Waals surface area contributed by atoms with Crippen molar-refractivity contribution in [1.29, 1.82) is 0 Å². The lowest BCUT2D eigenvalue weighted by Crippen LogP contribution is -2.47. The number of nitrogens with zero attached hydrogens (tertiary/aromatic N) is 1. The lowest BCUT2D eigenvalue weighted by atomic mass is 10.3. The molecule has 1 atom stereocenters. The molecule has 0 saturated heterocycles. The van der Waals surface area contributed by atoms with E-state index >= 15 is 0 Å². The summed E-state index contributed by atoms with van der Waals surface area (Å²) in [6, 6.07) is 0.0960. The summed E-state index contributed by atoms with van der Waals surface area (Å²) in [5.74, 6) is 5.79. The van der Waals surface area contributed by atoms with Gasteiger partial charge in [0.2, 0.25) is 11.9 Å². The number of aliphatic imine (C=N–C) groups is 1. The van der Waals surface area contributed by atoms with Crippen LogP contribution >= 0.6 is 0 Å². The van der Waals surface area contributed by atoms with Gasteiger partial charge in [0.05, 0.1) is 13.2 Å². The fraction of sp³-hybridized carbons (Fsp3) is 0.818. The molecule has 18 heavy (non-hydrogen) atoms. The van der Waals surface area contributed by atoms with Gasteiger partial charge in [0.15, 0.2) is 0 Å². The summed E-state index contributed by atoms with van der Waals surface area (Å²) in [5, 5.41) is 5.83. The number of carbonyl (C=O) groups excluding carboxylic acids is 1. The SMILES string of the molecule is CCCNC(=O)CCN=C(NN)NC(C)COC. The number of amides is 1. The molecule has 7 heteroatoms. The molecule has 0 aliphatic carbocycles. The molecule has 0 aliphatic rings. The molecule has 1 amide bonds. The molecule has 0 spiro atoms. The van der Waals surface area contributed by atoms with Crippen molar-refractivity contribution in [1.82, 2.24) is 16.1 Å². The highest BCUT2D eigenvalue weighted by atomic mass is 16.5. The van der Waals surface area contributed by atoms with Gasteiger partial charge >= 0.3 is 0 Å². The predicted molar refractivity (Wildman–Crippen MR) is 72.0 cm³/mol. The van der Waals surface area contributed by atoms with E-state index in [4.69, 9.17) is 10.6 Å². The van der Waals surface area contributed by atoms with Crippen LogP contribution in [-0.2, 0) is 9.53 Å². The van der Waals surface area contributed by atoms with Crippen molar-refractivity contribution in [2.45, 2.75) is 32.7 Å². The first-order valence-corrected chi connectivity index (χ1v) is 6.17. The van der Waals surface area contributed by atoms with Gasteiger partial charge in [-0.15, -0.1) is 0 Å². The van der Waals surface area contributed by atoms with Crippen molar-refractivity contribution in [2.75, 3.05) is 26.8 Å². The summed E-state index contributed by atoms with van der Waals surface area (Å²) in [4.78, 5) is 15.5. The molecule has 0 aromatic carbocycles. The van der Waals surface area contributed by atoms with Gasteiger partial charge in [-0.1, -0.05) is 6.92 Å². The van der Waals surface area contributed by atoms with Crippen LogP contribution in [0, 0.1) is 0 Å². The minimum absolute atomic E-state index is 0.00177. The first kappa shape index (κ1) is 16.7. The van der Waals surface area contributed by atoms with Gasteiger partial charge in [-0.2, -0.15) is 0 Å². The van der Waals surface area contributed by atoms with Gasteiger partial charge in [0, 0.05) is 26.1 Å². The van der Waals surface area contributed by atoms with Crippen molar-refractivity contribution >= 4 is 11.9 Å². The van der Waals surface area contributed by atoms with Gasteiger partial charge in [-0.25, -0.2) is 5.84 Å². The number of carbonyl (C=O) groups is 1. The molecule has 0 aromatic heterocycles. The van der Waals surface area contributed by atoms with E-state index < -0.39 is 0 Å². The lowest BCUT2D eigenvalue weighted by molar-refractivity contribution is -0.120. The third kappa shape index (κ3) is 8.77. The fourth-order valence-corrected chi connectivity index (χ4v) is 1.28. The topological polar surface area (TPSA) is 101 Å². The molecule has 0 radical (unpaired) electrons.